The van der Waals surface area contributed by atoms with Crippen LogP contribution in [0.25, 0.3) is 0 Å². The van der Waals surface area contributed by atoms with E-state index in [0.29, 0.717) is 18.8 Å². The van der Waals surface area contributed by atoms with Gasteiger partial charge in [-0.3, -0.25) is 14.9 Å². The van der Waals surface area contributed by atoms with Gasteiger partial charge in [-0.2, -0.15) is 0 Å². The fraction of sp³-hybridized carbons (Fsp3) is 0.188. The second-order valence-electron chi connectivity index (χ2n) is 4.83. The van der Waals surface area contributed by atoms with E-state index in [2.05, 4.69) is 10.6 Å². The van der Waals surface area contributed by atoms with Gasteiger partial charge in [0.15, 0.2) is 6.61 Å². The standard InChI is InChI=1S/C16H16FN3O4/c17-12-2-1-3-15(10-12)24-11-16(21)19-9-8-18-13-4-6-14(7-5-13)20(22)23/h1-7,10,18H,8-9,11H2,(H,19,21). The minimum Gasteiger partial charge on any atom is -0.484 e. The van der Waals surface area contributed by atoms with E-state index < -0.39 is 10.7 Å². The molecule has 2 rings (SSSR count). The molecule has 0 aliphatic heterocycles. The molecule has 7 nitrogen and oxygen atoms in total. The van der Waals surface area contributed by atoms with E-state index >= 15 is 0 Å². The molecular formula is C16H16FN3O4. The van der Waals surface area contributed by atoms with Gasteiger partial charge in [0.05, 0.1) is 4.92 Å². The van der Waals surface area contributed by atoms with Crippen molar-refractivity contribution in [3.8, 4) is 5.75 Å². The van der Waals surface area contributed by atoms with Gasteiger partial charge in [-0.1, -0.05) is 6.07 Å². The molecule has 126 valence electrons. The van der Waals surface area contributed by atoms with E-state index in [1.54, 1.807) is 18.2 Å². The number of anilines is 1. The Balaban J connectivity index is 1.64. The van der Waals surface area contributed by atoms with Crippen molar-refractivity contribution >= 4 is 17.3 Å². The molecule has 0 heterocycles. The van der Waals surface area contributed by atoms with Gasteiger partial charge in [-0.15, -0.1) is 0 Å². The summed E-state index contributed by atoms with van der Waals surface area (Å²) in [5.74, 6) is -0.473. The maximum absolute atomic E-state index is 12.9. The van der Waals surface area contributed by atoms with E-state index in [9.17, 15) is 19.3 Å². The quantitative estimate of drug-likeness (QED) is 0.439. The molecule has 0 saturated heterocycles. The Morgan fingerprint density at radius 3 is 2.58 bits per heavy atom. The number of hydrogen-bond acceptors (Lipinski definition) is 5. The molecule has 1 amide bonds. The van der Waals surface area contributed by atoms with Crippen LogP contribution in [0.5, 0.6) is 5.75 Å². The Morgan fingerprint density at radius 1 is 1.17 bits per heavy atom. The summed E-state index contributed by atoms with van der Waals surface area (Å²) in [6.45, 7) is 0.590. The normalized spacial score (nSPS) is 10.0. The second-order valence-corrected chi connectivity index (χ2v) is 4.83. The van der Waals surface area contributed by atoms with Gasteiger partial charge in [0.1, 0.15) is 11.6 Å². The first-order chi connectivity index (χ1) is 11.5. The van der Waals surface area contributed by atoms with Crippen molar-refractivity contribution in [2.24, 2.45) is 0 Å². The molecule has 0 unspecified atom stereocenters. The van der Waals surface area contributed by atoms with Crippen molar-refractivity contribution in [2.75, 3.05) is 25.0 Å². The highest BCUT2D eigenvalue weighted by molar-refractivity contribution is 5.77. The minimum atomic E-state index is -0.470. The number of rotatable bonds is 8. The van der Waals surface area contributed by atoms with Gasteiger partial charge in [0.25, 0.3) is 11.6 Å². The molecule has 2 aromatic rings. The third-order valence-corrected chi connectivity index (χ3v) is 3.02. The molecule has 0 bridgehead atoms. The molecule has 0 radical (unpaired) electrons. The number of carbonyl (C=O) groups is 1. The summed E-state index contributed by atoms with van der Waals surface area (Å²) in [6, 6.07) is 11.5. The van der Waals surface area contributed by atoms with Crippen LogP contribution in [0.15, 0.2) is 48.5 Å². The summed E-state index contributed by atoms with van der Waals surface area (Å²) in [7, 11) is 0. The van der Waals surface area contributed by atoms with Crippen molar-refractivity contribution in [1.29, 1.82) is 0 Å². The first-order valence-corrected chi connectivity index (χ1v) is 7.18. The van der Waals surface area contributed by atoms with Crippen LogP contribution < -0.4 is 15.4 Å². The SMILES string of the molecule is O=C(COc1cccc(F)c1)NCCNc1ccc([N+](=O)[O-])cc1. The van der Waals surface area contributed by atoms with Gasteiger partial charge in [0.2, 0.25) is 0 Å². The molecule has 24 heavy (non-hydrogen) atoms. The fourth-order valence-corrected chi connectivity index (χ4v) is 1.87. The Morgan fingerprint density at radius 2 is 1.92 bits per heavy atom. The zero-order valence-corrected chi connectivity index (χ0v) is 12.7. The van der Waals surface area contributed by atoms with E-state index in [1.165, 1.54) is 30.3 Å². The predicted molar refractivity (Wildman–Crippen MR) is 86.5 cm³/mol. The lowest BCUT2D eigenvalue weighted by Crippen LogP contribution is -2.32. The van der Waals surface area contributed by atoms with Crippen LogP contribution in [0, 0.1) is 15.9 Å². The summed E-state index contributed by atoms with van der Waals surface area (Å²) < 4.78 is 18.1. The highest BCUT2D eigenvalue weighted by Crippen LogP contribution is 2.15. The molecular weight excluding hydrogens is 317 g/mol. The number of nitro benzene ring substituents is 1. The number of carbonyl (C=O) groups excluding carboxylic acids is 1. The number of ether oxygens (including phenoxy) is 1. The number of non-ortho nitro benzene ring substituents is 1. The van der Waals surface area contributed by atoms with Crippen LogP contribution >= 0.6 is 0 Å². The summed E-state index contributed by atoms with van der Waals surface area (Å²) in [4.78, 5) is 21.7. The number of nitro groups is 1. The maximum atomic E-state index is 12.9. The number of amides is 1. The summed E-state index contributed by atoms with van der Waals surface area (Å²) in [5, 5.41) is 16.2. The molecule has 0 aliphatic carbocycles. The Hall–Kier alpha value is -3.16. The lowest BCUT2D eigenvalue weighted by molar-refractivity contribution is -0.384. The van der Waals surface area contributed by atoms with Gasteiger partial charge in [-0.05, 0) is 24.3 Å². The monoisotopic (exact) mass is 333 g/mol. The van der Waals surface area contributed by atoms with E-state index in [-0.39, 0.29) is 24.0 Å². The largest absolute Gasteiger partial charge is 0.484 e. The van der Waals surface area contributed by atoms with Crippen molar-refractivity contribution < 1.29 is 18.8 Å². The molecule has 8 heteroatoms. The third kappa shape index (κ3) is 5.56. The topological polar surface area (TPSA) is 93.5 Å². The molecule has 0 saturated carbocycles. The van der Waals surface area contributed by atoms with E-state index in [4.69, 9.17) is 4.74 Å². The molecule has 0 aliphatic rings. The number of benzene rings is 2. The molecule has 2 aromatic carbocycles. The van der Waals surface area contributed by atoms with Crippen molar-refractivity contribution in [1.82, 2.24) is 5.32 Å². The fourth-order valence-electron chi connectivity index (χ4n) is 1.87. The van der Waals surface area contributed by atoms with Gasteiger partial charge in [-0.25, -0.2) is 4.39 Å². The van der Waals surface area contributed by atoms with Crippen LogP contribution in [0.2, 0.25) is 0 Å². The first kappa shape index (κ1) is 17.2. The van der Waals surface area contributed by atoms with Crippen LogP contribution in [-0.4, -0.2) is 30.5 Å². The zero-order valence-electron chi connectivity index (χ0n) is 12.7. The molecule has 0 spiro atoms. The average molecular weight is 333 g/mol. The Bertz CT molecular complexity index is 707. The van der Waals surface area contributed by atoms with E-state index in [0.717, 1.165) is 0 Å². The maximum Gasteiger partial charge on any atom is 0.269 e. The minimum absolute atomic E-state index is 0.0170. The second kappa shape index (κ2) is 8.47. The van der Waals surface area contributed by atoms with Crippen molar-refractivity contribution in [3.05, 3.63) is 64.5 Å². The van der Waals surface area contributed by atoms with Gasteiger partial charge < -0.3 is 15.4 Å². The Kier molecular flexibility index (Phi) is 6.07. The average Bonchev–Trinajstić information content (AvgIpc) is 2.57. The van der Waals surface area contributed by atoms with Crippen LogP contribution in [0.1, 0.15) is 0 Å². The highest BCUT2D eigenvalue weighted by Gasteiger charge is 2.04. The first-order valence-electron chi connectivity index (χ1n) is 7.18. The zero-order chi connectivity index (χ0) is 17.4. The molecule has 0 fully saturated rings. The van der Waals surface area contributed by atoms with Crippen LogP contribution in [0.4, 0.5) is 15.8 Å². The number of nitrogens with one attached hydrogen (secondary N) is 2. The highest BCUT2D eigenvalue weighted by atomic mass is 19.1. The lowest BCUT2D eigenvalue weighted by atomic mass is 10.3. The van der Waals surface area contributed by atoms with Crippen LogP contribution in [0.3, 0.4) is 0 Å². The summed E-state index contributed by atoms with van der Waals surface area (Å²) in [6.07, 6.45) is 0. The van der Waals surface area contributed by atoms with E-state index in [1.807, 2.05) is 0 Å². The predicted octanol–water partition coefficient (Wildman–Crippen LogP) is 2.34. The number of halogens is 1. The van der Waals surface area contributed by atoms with Crippen molar-refractivity contribution in [3.63, 3.8) is 0 Å². The summed E-state index contributed by atoms with van der Waals surface area (Å²) >= 11 is 0. The smallest absolute Gasteiger partial charge is 0.269 e. The number of nitrogens with zero attached hydrogens (tertiary/aromatic N) is 1. The summed E-state index contributed by atoms with van der Waals surface area (Å²) in [5.41, 5.74) is 0.731. The molecule has 0 atom stereocenters. The van der Waals surface area contributed by atoms with Crippen molar-refractivity contribution in [2.45, 2.75) is 0 Å². The molecule has 0 aromatic heterocycles. The lowest BCUT2D eigenvalue weighted by Gasteiger charge is -2.09. The van der Waals surface area contributed by atoms with Gasteiger partial charge >= 0.3 is 0 Å². The van der Waals surface area contributed by atoms with Crippen LogP contribution in [-0.2, 0) is 4.79 Å². The third-order valence-electron chi connectivity index (χ3n) is 3.02. The number of hydrogen-bond donors (Lipinski definition) is 2. The molecule has 2 N–H and O–H groups in total. The van der Waals surface area contributed by atoms with Gasteiger partial charge in [0, 0.05) is 37.0 Å². The Labute approximate surface area is 137 Å².